The van der Waals surface area contributed by atoms with Crippen molar-refractivity contribution in [2.24, 2.45) is 0 Å². The number of hydrogen-bond acceptors (Lipinski definition) is 8. The van der Waals surface area contributed by atoms with Crippen molar-refractivity contribution in [3.63, 3.8) is 0 Å². The van der Waals surface area contributed by atoms with Crippen LogP contribution in [0.2, 0.25) is 0 Å². The lowest BCUT2D eigenvalue weighted by Crippen LogP contribution is -2.17. The zero-order valence-electron chi connectivity index (χ0n) is 14.7. The number of anilines is 3. The minimum atomic E-state index is 0.429. The molecule has 2 N–H and O–H groups in total. The third-order valence-corrected chi connectivity index (χ3v) is 4.18. The van der Waals surface area contributed by atoms with E-state index in [4.69, 9.17) is 14.2 Å². The van der Waals surface area contributed by atoms with Crippen LogP contribution in [0.3, 0.4) is 0 Å². The zero-order chi connectivity index (χ0) is 17.6. The van der Waals surface area contributed by atoms with Gasteiger partial charge in [-0.2, -0.15) is 10.1 Å². The van der Waals surface area contributed by atoms with E-state index in [0.717, 1.165) is 18.5 Å². The second kappa shape index (κ2) is 7.87. The first-order chi connectivity index (χ1) is 12.2. The lowest BCUT2D eigenvalue weighted by atomic mass is 10.2. The second-order valence-corrected chi connectivity index (χ2v) is 5.83. The first-order valence-electron chi connectivity index (χ1n) is 8.26. The summed E-state index contributed by atoms with van der Waals surface area (Å²) < 4.78 is 16.1. The summed E-state index contributed by atoms with van der Waals surface area (Å²) >= 11 is 0. The molecule has 1 heterocycles. The van der Waals surface area contributed by atoms with Crippen molar-refractivity contribution < 1.29 is 14.2 Å². The number of aromatic nitrogens is 3. The summed E-state index contributed by atoms with van der Waals surface area (Å²) in [5, 5.41) is 14.6. The molecule has 8 heteroatoms. The molecule has 1 aliphatic rings. The summed E-state index contributed by atoms with van der Waals surface area (Å²) in [4.78, 5) is 4.48. The Balaban J connectivity index is 1.79. The SMILES string of the molecule is COc1cc(Nc2cnnc(NC3CCCC3)n2)cc(OC)c1OC. The summed E-state index contributed by atoms with van der Waals surface area (Å²) in [5.74, 6) is 2.79. The first-order valence-corrected chi connectivity index (χ1v) is 8.26. The van der Waals surface area contributed by atoms with Gasteiger partial charge in [0.2, 0.25) is 11.7 Å². The van der Waals surface area contributed by atoms with E-state index in [2.05, 4.69) is 25.8 Å². The topological polar surface area (TPSA) is 90.4 Å². The van der Waals surface area contributed by atoms with E-state index in [1.807, 2.05) is 12.1 Å². The highest BCUT2D eigenvalue weighted by molar-refractivity contribution is 5.66. The fourth-order valence-corrected chi connectivity index (χ4v) is 2.98. The summed E-state index contributed by atoms with van der Waals surface area (Å²) in [6.45, 7) is 0. The monoisotopic (exact) mass is 345 g/mol. The molecular formula is C17H23N5O3. The lowest BCUT2D eigenvalue weighted by molar-refractivity contribution is 0.324. The van der Waals surface area contributed by atoms with Crippen LogP contribution < -0.4 is 24.8 Å². The number of rotatable bonds is 7. The molecule has 0 spiro atoms. The van der Waals surface area contributed by atoms with Gasteiger partial charge in [-0.15, -0.1) is 5.10 Å². The van der Waals surface area contributed by atoms with Crippen LogP contribution in [-0.4, -0.2) is 42.6 Å². The molecule has 1 fully saturated rings. The Kier molecular flexibility index (Phi) is 5.37. The number of benzene rings is 1. The van der Waals surface area contributed by atoms with Crippen LogP contribution >= 0.6 is 0 Å². The number of nitrogens with one attached hydrogen (secondary N) is 2. The van der Waals surface area contributed by atoms with E-state index in [1.54, 1.807) is 27.5 Å². The molecule has 0 unspecified atom stereocenters. The molecule has 134 valence electrons. The predicted octanol–water partition coefficient (Wildman–Crippen LogP) is 3.00. The van der Waals surface area contributed by atoms with Crippen LogP contribution in [-0.2, 0) is 0 Å². The maximum absolute atomic E-state index is 5.36. The summed E-state index contributed by atoms with van der Waals surface area (Å²) in [7, 11) is 4.73. The normalized spacial score (nSPS) is 14.2. The molecule has 2 aromatic rings. The van der Waals surface area contributed by atoms with Crippen LogP contribution in [0.5, 0.6) is 17.2 Å². The molecule has 0 aliphatic heterocycles. The van der Waals surface area contributed by atoms with Gasteiger partial charge in [-0.3, -0.25) is 0 Å². The summed E-state index contributed by atoms with van der Waals surface area (Å²) in [6.07, 6.45) is 6.35. The van der Waals surface area contributed by atoms with E-state index in [1.165, 1.54) is 12.8 Å². The van der Waals surface area contributed by atoms with E-state index in [0.29, 0.717) is 35.1 Å². The van der Waals surface area contributed by atoms with Crippen LogP contribution in [0.1, 0.15) is 25.7 Å². The number of ether oxygens (including phenoxy) is 3. The Morgan fingerprint density at radius 2 is 1.68 bits per heavy atom. The van der Waals surface area contributed by atoms with Crippen molar-refractivity contribution in [2.45, 2.75) is 31.7 Å². The van der Waals surface area contributed by atoms with Gasteiger partial charge in [0.15, 0.2) is 17.3 Å². The van der Waals surface area contributed by atoms with Gasteiger partial charge < -0.3 is 24.8 Å². The van der Waals surface area contributed by atoms with Gasteiger partial charge in [0.25, 0.3) is 0 Å². The fourth-order valence-electron chi connectivity index (χ4n) is 2.98. The van der Waals surface area contributed by atoms with Crippen LogP contribution in [0.25, 0.3) is 0 Å². The van der Waals surface area contributed by atoms with E-state index in [-0.39, 0.29) is 0 Å². The average Bonchev–Trinajstić information content (AvgIpc) is 3.14. The predicted molar refractivity (Wildman–Crippen MR) is 95.1 cm³/mol. The van der Waals surface area contributed by atoms with E-state index >= 15 is 0 Å². The summed E-state index contributed by atoms with van der Waals surface area (Å²) in [5.41, 5.74) is 0.752. The van der Waals surface area contributed by atoms with Gasteiger partial charge in [0, 0.05) is 23.9 Å². The minimum absolute atomic E-state index is 0.429. The minimum Gasteiger partial charge on any atom is -0.493 e. The van der Waals surface area contributed by atoms with Gasteiger partial charge >= 0.3 is 0 Å². The Bertz CT molecular complexity index is 694. The lowest BCUT2D eigenvalue weighted by Gasteiger charge is -2.15. The Labute approximate surface area is 146 Å². The maximum atomic E-state index is 5.36. The number of hydrogen-bond donors (Lipinski definition) is 2. The highest BCUT2D eigenvalue weighted by Gasteiger charge is 2.17. The van der Waals surface area contributed by atoms with Crippen molar-refractivity contribution >= 4 is 17.5 Å². The molecule has 1 aromatic heterocycles. The third-order valence-electron chi connectivity index (χ3n) is 4.18. The van der Waals surface area contributed by atoms with Gasteiger partial charge in [-0.25, -0.2) is 0 Å². The van der Waals surface area contributed by atoms with Gasteiger partial charge in [-0.05, 0) is 12.8 Å². The molecule has 0 atom stereocenters. The Hall–Kier alpha value is -2.77. The Morgan fingerprint density at radius 3 is 2.28 bits per heavy atom. The molecule has 1 aromatic carbocycles. The fraction of sp³-hybridized carbons (Fsp3) is 0.471. The van der Waals surface area contributed by atoms with Gasteiger partial charge in [0.1, 0.15) is 0 Å². The molecule has 0 saturated heterocycles. The molecule has 8 nitrogen and oxygen atoms in total. The maximum Gasteiger partial charge on any atom is 0.244 e. The number of methoxy groups -OCH3 is 3. The molecule has 25 heavy (non-hydrogen) atoms. The largest absolute Gasteiger partial charge is 0.493 e. The molecule has 0 bridgehead atoms. The highest BCUT2D eigenvalue weighted by atomic mass is 16.5. The molecular weight excluding hydrogens is 322 g/mol. The quantitative estimate of drug-likeness (QED) is 0.791. The second-order valence-electron chi connectivity index (χ2n) is 5.83. The van der Waals surface area contributed by atoms with Crippen LogP contribution in [0.15, 0.2) is 18.3 Å². The van der Waals surface area contributed by atoms with Crippen LogP contribution in [0.4, 0.5) is 17.5 Å². The van der Waals surface area contributed by atoms with Crippen molar-refractivity contribution in [3.8, 4) is 17.2 Å². The van der Waals surface area contributed by atoms with Crippen molar-refractivity contribution in [1.29, 1.82) is 0 Å². The molecule has 0 radical (unpaired) electrons. The highest BCUT2D eigenvalue weighted by Crippen LogP contribution is 2.40. The Morgan fingerprint density at radius 1 is 1.00 bits per heavy atom. The standard InChI is InChI=1S/C17H23N5O3/c1-23-13-8-12(9-14(24-2)16(13)25-3)19-15-10-18-22-17(21-15)20-11-6-4-5-7-11/h8-11H,4-7H2,1-3H3,(H2,19,20,21,22). The van der Waals surface area contributed by atoms with Crippen molar-refractivity contribution in [3.05, 3.63) is 18.3 Å². The molecule has 0 amide bonds. The number of nitrogens with zero attached hydrogens (tertiary/aromatic N) is 3. The zero-order valence-corrected chi connectivity index (χ0v) is 14.7. The molecule has 1 saturated carbocycles. The van der Waals surface area contributed by atoms with Gasteiger partial charge in [-0.1, -0.05) is 12.8 Å². The molecule has 3 rings (SSSR count). The van der Waals surface area contributed by atoms with E-state index < -0.39 is 0 Å². The van der Waals surface area contributed by atoms with Gasteiger partial charge in [0.05, 0.1) is 27.5 Å². The average molecular weight is 345 g/mol. The third kappa shape index (κ3) is 4.01. The van der Waals surface area contributed by atoms with Crippen molar-refractivity contribution in [1.82, 2.24) is 15.2 Å². The smallest absolute Gasteiger partial charge is 0.244 e. The van der Waals surface area contributed by atoms with Crippen molar-refractivity contribution in [2.75, 3.05) is 32.0 Å². The van der Waals surface area contributed by atoms with E-state index in [9.17, 15) is 0 Å². The first kappa shape index (κ1) is 17.1. The van der Waals surface area contributed by atoms with Crippen LogP contribution in [0, 0.1) is 0 Å². The summed E-state index contributed by atoms with van der Waals surface area (Å²) in [6, 6.07) is 4.05. The molecule has 1 aliphatic carbocycles.